The van der Waals surface area contributed by atoms with Gasteiger partial charge >= 0.3 is 5.97 Å². The number of nitrogens with zero attached hydrogens (tertiary/aromatic N) is 1. The Morgan fingerprint density at radius 1 is 1.43 bits per heavy atom. The predicted molar refractivity (Wildman–Crippen MR) is 54.4 cm³/mol. The smallest absolute Gasteiger partial charge is 0.323 e. The Kier molecular flexibility index (Phi) is 5.94. The lowest BCUT2D eigenvalue weighted by molar-refractivity contribution is -0.147. The zero-order valence-corrected chi connectivity index (χ0v) is 9.41. The largest absolute Gasteiger partial charge is 0.465 e. The molecule has 3 heteroatoms. The van der Waals surface area contributed by atoms with E-state index in [4.69, 9.17) is 10.00 Å². The molecule has 0 aliphatic carbocycles. The first kappa shape index (κ1) is 13.0. The minimum Gasteiger partial charge on any atom is -0.465 e. The van der Waals surface area contributed by atoms with E-state index in [0.29, 0.717) is 12.5 Å². The number of rotatable bonds is 5. The van der Waals surface area contributed by atoms with Crippen LogP contribution in [0.4, 0.5) is 0 Å². The van der Waals surface area contributed by atoms with Crippen molar-refractivity contribution in [2.24, 2.45) is 17.8 Å². The van der Waals surface area contributed by atoms with E-state index in [1.807, 2.05) is 13.0 Å². The number of carbonyl (C=O) groups excluding carboxylic acids is 1. The molecule has 0 aromatic heterocycles. The molecule has 0 bridgehead atoms. The molecule has 3 nitrogen and oxygen atoms in total. The highest BCUT2D eigenvalue weighted by Gasteiger charge is 2.26. The van der Waals surface area contributed by atoms with Crippen LogP contribution >= 0.6 is 0 Å². The van der Waals surface area contributed by atoms with Gasteiger partial charge < -0.3 is 4.74 Å². The first-order valence-electron chi connectivity index (χ1n) is 5.09. The molecule has 0 amide bonds. The lowest BCUT2D eigenvalue weighted by Gasteiger charge is -2.17. The monoisotopic (exact) mass is 197 g/mol. The van der Waals surface area contributed by atoms with E-state index in [9.17, 15) is 4.79 Å². The molecule has 0 saturated heterocycles. The molecule has 0 aromatic rings. The number of esters is 1. The average molecular weight is 197 g/mol. The normalized spacial score (nSPS) is 14.6. The predicted octanol–water partition coefficient (Wildman–Crippen LogP) is 2.37. The lowest BCUT2D eigenvalue weighted by Crippen LogP contribution is -2.23. The van der Waals surface area contributed by atoms with E-state index in [1.54, 1.807) is 6.92 Å². The van der Waals surface area contributed by atoms with Crippen LogP contribution in [0.1, 0.15) is 34.1 Å². The van der Waals surface area contributed by atoms with E-state index in [0.717, 1.165) is 6.42 Å². The van der Waals surface area contributed by atoms with Crippen LogP contribution in [0.2, 0.25) is 0 Å². The van der Waals surface area contributed by atoms with Crippen molar-refractivity contribution in [3.8, 4) is 6.07 Å². The Labute approximate surface area is 86.1 Å². The zero-order valence-electron chi connectivity index (χ0n) is 9.41. The lowest BCUT2D eigenvalue weighted by atomic mass is 9.88. The quantitative estimate of drug-likeness (QED) is 0.636. The standard InChI is InChI=1S/C11H19NO2/c1-5-14-11(13)10(7-12)9(4)6-8(2)3/h8-10H,5-6H2,1-4H3/t9-,10+/m0/s1. The van der Waals surface area contributed by atoms with Crippen LogP contribution in [-0.2, 0) is 9.53 Å². The summed E-state index contributed by atoms with van der Waals surface area (Å²) in [5, 5.41) is 8.86. The fourth-order valence-corrected chi connectivity index (χ4v) is 1.52. The first-order valence-corrected chi connectivity index (χ1v) is 5.09. The van der Waals surface area contributed by atoms with Crippen molar-refractivity contribution in [3.63, 3.8) is 0 Å². The summed E-state index contributed by atoms with van der Waals surface area (Å²) in [6, 6.07) is 2.02. The van der Waals surface area contributed by atoms with Gasteiger partial charge in [0.2, 0.25) is 0 Å². The van der Waals surface area contributed by atoms with Crippen LogP contribution in [0.3, 0.4) is 0 Å². The van der Waals surface area contributed by atoms with E-state index in [2.05, 4.69) is 13.8 Å². The van der Waals surface area contributed by atoms with Crippen LogP contribution in [0.25, 0.3) is 0 Å². The van der Waals surface area contributed by atoms with Crippen molar-refractivity contribution in [3.05, 3.63) is 0 Å². The van der Waals surface area contributed by atoms with Gasteiger partial charge in [0.25, 0.3) is 0 Å². The molecule has 0 fully saturated rings. The molecule has 0 aromatic carbocycles. The molecule has 0 heterocycles. The summed E-state index contributed by atoms with van der Waals surface area (Å²) in [4.78, 5) is 11.4. The Morgan fingerprint density at radius 3 is 2.36 bits per heavy atom. The Bertz CT molecular complexity index is 218. The van der Waals surface area contributed by atoms with E-state index >= 15 is 0 Å². The third-order valence-electron chi connectivity index (χ3n) is 2.09. The van der Waals surface area contributed by atoms with Crippen molar-refractivity contribution in [2.75, 3.05) is 6.61 Å². The topological polar surface area (TPSA) is 50.1 Å². The molecular weight excluding hydrogens is 178 g/mol. The van der Waals surface area contributed by atoms with E-state index < -0.39 is 5.92 Å². The third-order valence-corrected chi connectivity index (χ3v) is 2.09. The van der Waals surface area contributed by atoms with Gasteiger partial charge in [0, 0.05) is 0 Å². The number of hydrogen-bond acceptors (Lipinski definition) is 3. The summed E-state index contributed by atoms with van der Waals surface area (Å²) < 4.78 is 4.84. The molecule has 0 saturated carbocycles. The summed E-state index contributed by atoms with van der Waals surface area (Å²) in [5.41, 5.74) is 0. The van der Waals surface area contributed by atoms with Gasteiger partial charge in [0.15, 0.2) is 0 Å². The molecule has 0 spiro atoms. The van der Waals surface area contributed by atoms with Crippen molar-refractivity contribution in [1.82, 2.24) is 0 Å². The molecule has 0 N–H and O–H groups in total. The van der Waals surface area contributed by atoms with Crippen LogP contribution < -0.4 is 0 Å². The van der Waals surface area contributed by atoms with Gasteiger partial charge in [-0.2, -0.15) is 5.26 Å². The highest BCUT2D eigenvalue weighted by molar-refractivity contribution is 5.75. The number of ether oxygens (including phenoxy) is 1. The van der Waals surface area contributed by atoms with E-state index in [-0.39, 0.29) is 11.9 Å². The number of carbonyl (C=O) groups is 1. The maximum Gasteiger partial charge on any atom is 0.323 e. The van der Waals surface area contributed by atoms with Gasteiger partial charge in [0.05, 0.1) is 12.7 Å². The van der Waals surface area contributed by atoms with Gasteiger partial charge in [-0.1, -0.05) is 20.8 Å². The molecular formula is C11H19NO2. The number of hydrogen-bond donors (Lipinski definition) is 0. The van der Waals surface area contributed by atoms with Crippen molar-refractivity contribution < 1.29 is 9.53 Å². The fraction of sp³-hybridized carbons (Fsp3) is 0.818. The number of nitriles is 1. The van der Waals surface area contributed by atoms with Crippen LogP contribution in [0.5, 0.6) is 0 Å². The minimum absolute atomic E-state index is 0.0686. The average Bonchev–Trinajstić information content (AvgIpc) is 2.04. The molecule has 80 valence electrons. The van der Waals surface area contributed by atoms with Crippen LogP contribution in [0, 0.1) is 29.1 Å². The van der Waals surface area contributed by atoms with Crippen molar-refractivity contribution in [2.45, 2.75) is 34.1 Å². The third kappa shape index (κ3) is 4.27. The molecule has 14 heavy (non-hydrogen) atoms. The van der Waals surface area contributed by atoms with Gasteiger partial charge in [0.1, 0.15) is 5.92 Å². The summed E-state index contributed by atoms with van der Waals surface area (Å²) in [6.07, 6.45) is 0.872. The molecule has 0 unspecified atom stereocenters. The Balaban J connectivity index is 4.26. The highest BCUT2D eigenvalue weighted by Crippen LogP contribution is 2.20. The molecule has 0 aliphatic rings. The maximum absolute atomic E-state index is 11.4. The molecule has 0 aliphatic heterocycles. The van der Waals surface area contributed by atoms with Crippen LogP contribution in [0.15, 0.2) is 0 Å². The minimum atomic E-state index is -0.614. The molecule has 2 atom stereocenters. The first-order chi connectivity index (χ1) is 6.52. The second-order valence-corrected chi connectivity index (χ2v) is 3.97. The summed E-state index contributed by atoms with van der Waals surface area (Å²) in [7, 11) is 0. The second kappa shape index (κ2) is 6.42. The zero-order chi connectivity index (χ0) is 11.1. The maximum atomic E-state index is 11.4. The van der Waals surface area contributed by atoms with Gasteiger partial charge in [-0.15, -0.1) is 0 Å². The SMILES string of the molecule is CCOC(=O)[C@H](C#N)[C@@H](C)CC(C)C. The van der Waals surface area contributed by atoms with Crippen molar-refractivity contribution in [1.29, 1.82) is 5.26 Å². The van der Waals surface area contributed by atoms with Crippen molar-refractivity contribution >= 4 is 5.97 Å². The highest BCUT2D eigenvalue weighted by atomic mass is 16.5. The summed E-state index contributed by atoms with van der Waals surface area (Å²) >= 11 is 0. The second-order valence-electron chi connectivity index (χ2n) is 3.97. The Morgan fingerprint density at radius 2 is 2.00 bits per heavy atom. The Hall–Kier alpha value is -1.04. The van der Waals surface area contributed by atoms with E-state index in [1.165, 1.54) is 0 Å². The molecule has 0 radical (unpaired) electrons. The fourth-order valence-electron chi connectivity index (χ4n) is 1.52. The summed E-state index contributed by atoms with van der Waals surface area (Å²) in [5.74, 6) is -0.435. The summed E-state index contributed by atoms with van der Waals surface area (Å²) in [6.45, 7) is 8.17. The van der Waals surface area contributed by atoms with Gasteiger partial charge in [-0.25, -0.2) is 0 Å². The van der Waals surface area contributed by atoms with Gasteiger partial charge in [-0.05, 0) is 25.2 Å². The van der Waals surface area contributed by atoms with Crippen LogP contribution in [-0.4, -0.2) is 12.6 Å². The molecule has 0 rings (SSSR count). The van der Waals surface area contributed by atoms with Gasteiger partial charge in [-0.3, -0.25) is 4.79 Å².